The fourth-order valence-corrected chi connectivity index (χ4v) is 2.31. The Labute approximate surface area is 138 Å². The number of carbonyl (C=O) groups is 1. The maximum Gasteiger partial charge on any atom is 0.394 e. The molecule has 0 spiro atoms. The third kappa shape index (κ3) is 4.26. The molecule has 0 aliphatic carbocycles. The minimum atomic E-state index is -4.46. The van der Waals surface area contributed by atoms with Gasteiger partial charge in [-0.15, -0.1) is 0 Å². The number of benzene rings is 2. The first kappa shape index (κ1) is 18.3. The van der Waals surface area contributed by atoms with Crippen molar-refractivity contribution >= 4 is 16.7 Å². The van der Waals surface area contributed by atoms with Crippen molar-refractivity contribution in [3.05, 3.63) is 48.0 Å². The fraction of sp³-hybridized carbons (Fsp3) is 0.389. The molecule has 0 radical (unpaired) electrons. The Kier molecular flexibility index (Phi) is 5.18. The van der Waals surface area contributed by atoms with Crippen LogP contribution in [0.2, 0.25) is 0 Å². The van der Waals surface area contributed by atoms with E-state index in [9.17, 15) is 23.1 Å². The van der Waals surface area contributed by atoms with Gasteiger partial charge in [0, 0.05) is 13.0 Å². The molecule has 1 amide bonds. The summed E-state index contributed by atoms with van der Waals surface area (Å²) in [6.45, 7) is 1.82. The third-order valence-electron chi connectivity index (χ3n) is 4.02. The SMILES string of the molecule is CC(C)(CC(=O)NCC(O)c1ccc2ccccc2c1)C(F)(F)F. The van der Waals surface area contributed by atoms with Gasteiger partial charge in [-0.2, -0.15) is 13.2 Å². The van der Waals surface area contributed by atoms with Crippen molar-refractivity contribution in [2.45, 2.75) is 32.5 Å². The van der Waals surface area contributed by atoms with E-state index < -0.39 is 30.0 Å². The molecular weight excluding hydrogens is 319 g/mol. The molecule has 2 rings (SSSR count). The fourth-order valence-electron chi connectivity index (χ4n) is 2.31. The molecule has 130 valence electrons. The zero-order valence-electron chi connectivity index (χ0n) is 13.5. The van der Waals surface area contributed by atoms with Gasteiger partial charge in [0.1, 0.15) is 0 Å². The van der Waals surface area contributed by atoms with Crippen LogP contribution >= 0.6 is 0 Å². The second-order valence-electron chi connectivity index (χ2n) is 6.48. The van der Waals surface area contributed by atoms with E-state index in [4.69, 9.17) is 0 Å². The molecule has 3 nitrogen and oxygen atoms in total. The predicted molar refractivity (Wildman–Crippen MR) is 86.4 cm³/mol. The monoisotopic (exact) mass is 339 g/mol. The van der Waals surface area contributed by atoms with E-state index in [0.29, 0.717) is 5.56 Å². The van der Waals surface area contributed by atoms with Crippen molar-refractivity contribution in [2.75, 3.05) is 6.54 Å². The molecule has 1 unspecified atom stereocenters. The summed E-state index contributed by atoms with van der Waals surface area (Å²) in [5.41, 5.74) is -1.51. The van der Waals surface area contributed by atoms with E-state index >= 15 is 0 Å². The average molecular weight is 339 g/mol. The molecule has 2 N–H and O–H groups in total. The van der Waals surface area contributed by atoms with E-state index in [1.165, 1.54) is 0 Å². The van der Waals surface area contributed by atoms with E-state index in [0.717, 1.165) is 24.6 Å². The highest BCUT2D eigenvalue weighted by Gasteiger charge is 2.48. The summed E-state index contributed by atoms with van der Waals surface area (Å²) >= 11 is 0. The van der Waals surface area contributed by atoms with Gasteiger partial charge < -0.3 is 10.4 Å². The van der Waals surface area contributed by atoms with E-state index in [2.05, 4.69) is 5.32 Å². The minimum Gasteiger partial charge on any atom is -0.387 e. The number of hydrogen-bond acceptors (Lipinski definition) is 2. The van der Waals surface area contributed by atoms with Crippen LogP contribution in [0.1, 0.15) is 31.9 Å². The lowest BCUT2D eigenvalue weighted by Crippen LogP contribution is -2.39. The summed E-state index contributed by atoms with van der Waals surface area (Å²) in [5.74, 6) is -0.739. The highest BCUT2D eigenvalue weighted by Crippen LogP contribution is 2.40. The van der Waals surface area contributed by atoms with Crippen LogP contribution in [0.15, 0.2) is 42.5 Å². The second-order valence-corrected chi connectivity index (χ2v) is 6.48. The molecule has 0 fully saturated rings. The first-order valence-electron chi connectivity index (χ1n) is 7.60. The van der Waals surface area contributed by atoms with Crippen LogP contribution in [0, 0.1) is 5.41 Å². The van der Waals surface area contributed by atoms with Crippen LogP contribution in [-0.2, 0) is 4.79 Å². The molecule has 0 aromatic heterocycles. The third-order valence-corrected chi connectivity index (χ3v) is 4.02. The molecule has 2 aromatic rings. The van der Waals surface area contributed by atoms with Gasteiger partial charge in [0.05, 0.1) is 11.5 Å². The number of nitrogens with one attached hydrogen (secondary N) is 1. The van der Waals surface area contributed by atoms with Crippen LogP contribution in [0.3, 0.4) is 0 Å². The van der Waals surface area contributed by atoms with E-state index in [-0.39, 0.29) is 6.54 Å². The molecule has 2 aromatic carbocycles. The summed E-state index contributed by atoms with van der Waals surface area (Å²) in [4.78, 5) is 11.7. The minimum absolute atomic E-state index is 0.134. The number of aliphatic hydroxyl groups is 1. The Morgan fingerprint density at radius 2 is 1.75 bits per heavy atom. The van der Waals surface area contributed by atoms with Gasteiger partial charge in [-0.1, -0.05) is 50.2 Å². The molecule has 0 saturated carbocycles. The summed E-state index contributed by atoms with van der Waals surface area (Å²) in [5, 5.41) is 14.5. The van der Waals surface area contributed by atoms with Crippen molar-refractivity contribution in [3.63, 3.8) is 0 Å². The predicted octanol–water partition coefficient (Wildman–Crippen LogP) is 3.97. The number of halogens is 3. The first-order valence-corrected chi connectivity index (χ1v) is 7.60. The van der Waals surface area contributed by atoms with Crippen LogP contribution in [0.5, 0.6) is 0 Å². The number of alkyl halides is 3. The molecule has 6 heteroatoms. The van der Waals surface area contributed by atoms with Gasteiger partial charge in [-0.3, -0.25) is 4.79 Å². The molecule has 24 heavy (non-hydrogen) atoms. The van der Waals surface area contributed by atoms with Gasteiger partial charge >= 0.3 is 6.18 Å². The molecule has 1 atom stereocenters. The number of fused-ring (bicyclic) bond motifs is 1. The highest BCUT2D eigenvalue weighted by molar-refractivity contribution is 5.83. The first-order chi connectivity index (χ1) is 11.1. The maximum absolute atomic E-state index is 12.8. The van der Waals surface area contributed by atoms with Gasteiger partial charge in [-0.05, 0) is 22.4 Å². The Hall–Kier alpha value is -2.08. The average Bonchev–Trinajstić information content (AvgIpc) is 2.50. The summed E-state index contributed by atoms with van der Waals surface area (Å²) in [6, 6.07) is 13.0. The largest absolute Gasteiger partial charge is 0.394 e. The number of carbonyl (C=O) groups excluding carboxylic acids is 1. The molecule has 0 aliphatic heterocycles. The zero-order chi connectivity index (χ0) is 18.0. The Morgan fingerprint density at radius 3 is 2.38 bits per heavy atom. The zero-order valence-corrected chi connectivity index (χ0v) is 13.5. The topological polar surface area (TPSA) is 49.3 Å². The van der Waals surface area contributed by atoms with Crippen LogP contribution in [0.25, 0.3) is 10.8 Å². The molecule has 0 heterocycles. The molecular formula is C18H20F3NO2. The van der Waals surface area contributed by atoms with Gasteiger partial charge in [0.25, 0.3) is 0 Å². The lowest BCUT2D eigenvalue weighted by molar-refractivity contribution is -0.213. The lowest BCUT2D eigenvalue weighted by Gasteiger charge is -2.27. The van der Waals surface area contributed by atoms with Crippen molar-refractivity contribution in [1.29, 1.82) is 0 Å². The van der Waals surface area contributed by atoms with Gasteiger partial charge in [-0.25, -0.2) is 0 Å². The lowest BCUT2D eigenvalue weighted by atomic mass is 9.88. The van der Waals surface area contributed by atoms with Crippen molar-refractivity contribution in [2.24, 2.45) is 5.41 Å². The molecule has 0 saturated heterocycles. The Morgan fingerprint density at radius 1 is 1.12 bits per heavy atom. The summed E-state index contributed by atoms with van der Waals surface area (Å²) in [6.07, 6.45) is -6.12. The molecule has 0 bridgehead atoms. The highest BCUT2D eigenvalue weighted by atomic mass is 19.4. The maximum atomic E-state index is 12.8. The van der Waals surface area contributed by atoms with Crippen LogP contribution < -0.4 is 5.32 Å². The van der Waals surface area contributed by atoms with Crippen LogP contribution in [0.4, 0.5) is 13.2 Å². The van der Waals surface area contributed by atoms with Crippen molar-refractivity contribution in [3.8, 4) is 0 Å². The number of hydrogen-bond donors (Lipinski definition) is 2. The summed E-state index contributed by atoms with van der Waals surface area (Å²) in [7, 11) is 0. The number of rotatable bonds is 5. The van der Waals surface area contributed by atoms with Gasteiger partial charge in [0.15, 0.2) is 0 Å². The second kappa shape index (κ2) is 6.81. The van der Waals surface area contributed by atoms with Crippen molar-refractivity contribution < 1.29 is 23.1 Å². The van der Waals surface area contributed by atoms with Crippen molar-refractivity contribution in [1.82, 2.24) is 5.32 Å². The Balaban J connectivity index is 1.96. The molecule has 0 aliphatic rings. The number of amides is 1. The number of aliphatic hydroxyl groups excluding tert-OH is 1. The summed E-state index contributed by atoms with van der Waals surface area (Å²) < 4.78 is 38.3. The van der Waals surface area contributed by atoms with E-state index in [1.807, 2.05) is 30.3 Å². The Bertz CT molecular complexity index is 726. The normalized spacial score (nSPS) is 13.8. The van der Waals surface area contributed by atoms with Crippen LogP contribution in [-0.4, -0.2) is 23.7 Å². The smallest absolute Gasteiger partial charge is 0.387 e. The standard InChI is InChI=1S/C18H20F3NO2/c1-17(2,18(19,20)21)10-16(24)22-11-15(23)14-8-7-12-5-3-4-6-13(12)9-14/h3-9,15,23H,10-11H2,1-2H3,(H,22,24). The van der Waals surface area contributed by atoms with E-state index in [1.54, 1.807) is 12.1 Å². The van der Waals surface area contributed by atoms with Gasteiger partial charge in [0.2, 0.25) is 5.91 Å². The quantitative estimate of drug-likeness (QED) is 0.866.